The van der Waals surface area contributed by atoms with Crippen LogP contribution in [0.2, 0.25) is 0 Å². The number of ether oxygens (including phenoxy) is 2. The predicted molar refractivity (Wildman–Crippen MR) is 61.9 cm³/mol. The van der Waals surface area contributed by atoms with Crippen LogP contribution in [0.25, 0.3) is 0 Å². The highest BCUT2D eigenvalue weighted by atomic mass is 16.5. The first kappa shape index (κ1) is 11.2. The van der Waals surface area contributed by atoms with Gasteiger partial charge >= 0.3 is 0 Å². The molecule has 88 valence electrons. The molecule has 4 nitrogen and oxygen atoms in total. The van der Waals surface area contributed by atoms with Gasteiger partial charge < -0.3 is 14.8 Å². The van der Waals surface area contributed by atoms with Crippen molar-refractivity contribution in [1.82, 2.24) is 10.3 Å². The second-order valence-electron chi connectivity index (χ2n) is 4.34. The van der Waals surface area contributed by atoms with Crippen molar-refractivity contribution in [3.63, 3.8) is 0 Å². The fraction of sp³-hybridized carbons (Fsp3) is 0.583. The van der Waals surface area contributed by atoms with Crippen LogP contribution in [0, 0.1) is 0 Å². The van der Waals surface area contributed by atoms with E-state index in [4.69, 9.17) is 9.47 Å². The van der Waals surface area contributed by atoms with Gasteiger partial charge in [0.15, 0.2) is 0 Å². The second-order valence-corrected chi connectivity index (χ2v) is 4.34. The van der Waals surface area contributed by atoms with Gasteiger partial charge in [-0.25, -0.2) is 4.98 Å². The molecule has 0 aliphatic carbocycles. The van der Waals surface area contributed by atoms with Gasteiger partial charge in [0.1, 0.15) is 11.4 Å². The maximum Gasteiger partial charge on any atom is 0.217 e. The number of nitrogens with zero attached hydrogens (tertiary/aromatic N) is 1. The fourth-order valence-electron chi connectivity index (χ4n) is 1.88. The minimum absolute atomic E-state index is 0.107. The molecule has 2 rings (SSSR count). The van der Waals surface area contributed by atoms with Gasteiger partial charge in [0.2, 0.25) is 5.88 Å². The number of piperidine rings is 1. The van der Waals surface area contributed by atoms with Crippen molar-refractivity contribution < 1.29 is 9.47 Å². The Hall–Kier alpha value is -1.29. The number of rotatable bonds is 3. The number of methoxy groups -OCH3 is 1. The molecule has 2 heterocycles. The Balaban J connectivity index is 2.07. The van der Waals surface area contributed by atoms with E-state index in [1.54, 1.807) is 13.3 Å². The van der Waals surface area contributed by atoms with Crippen LogP contribution in [0.5, 0.6) is 11.6 Å². The normalized spacial score (nSPS) is 19.1. The van der Waals surface area contributed by atoms with Crippen molar-refractivity contribution in [3.05, 3.63) is 18.3 Å². The van der Waals surface area contributed by atoms with Crippen LogP contribution < -0.4 is 14.8 Å². The highest BCUT2D eigenvalue weighted by Gasteiger charge is 2.29. The largest absolute Gasteiger partial charge is 0.497 e. The van der Waals surface area contributed by atoms with E-state index in [2.05, 4.69) is 17.2 Å². The van der Waals surface area contributed by atoms with Gasteiger partial charge in [-0.2, -0.15) is 0 Å². The third-order valence-corrected chi connectivity index (χ3v) is 2.95. The molecule has 1 fully saturated rings. The second kappa shape index (κ2) is 4.70. The van der Waals surface area contributed by atoms with Gasteiger partial charge in [-0.15, -0.1) is 0 Å². The Morgan fingerprint density at radius 2 is 2.12 bits per heavy atom. The van der Waals surface area contributed by atoms with Crippen LogP contribution in [-0.2, 0) is 0 Å². The van der Waals surface area contributed by atoms with Gasteiger partial charge in [-0.1, -0.05) is 0 Å². The van der Waals surface area contributed by atoms with Crippen molar-refractivity contribution in [2.24, 2.45) is 0 Å². The molecule has 0 spiro atoms. The lowest BCUT2D eigenvalue weighted by atomic mass is 9.95. The summed E-state index contributed by atoms with van der Waals surface area (Å²) in [4.78, 5) is 4.20. The Morgan fingerprint density at radius 1 is 1.38 bits per heavy atom. The first-order valence-electron chi connectivity index (χ1n) is 5.62. The Morgan fingerprint density at radius 3 is 2.81 bits per heavy atom. The monoisotopic (exact) mass is 222 g/mol. The molecule has 4 heteroatoms. The molecule has 1 saturated heterocycles. The highest BCUT2D eigenvalue weighted by Crippen LogP contribution is 2.26. The third-order valence-electron chi connectivity index (χ3n) is 2.95. The van der Waals surface area contributed by atoms with Crippen molar-refractivity contribution in [1.29, 1.82) is 0 Å². The smallest absolute Gasteiger partial charge is 0.217 e. The zero-order chi connectivity index (χ0) is 11.4. The van der Waals surface area contributed by atoms with Crippen LogP contribution in [0.4, 0.5) is 0 Å². The van der Waals surface area contributed by atoms with Crippen LogP contribution in [0.15, 0.2) is 18.3 Å². The summed E-state index contributed by atoms with van der Waals surface area (Å²) in [5.74, 6) is 1.42. The Labute approximate surface area is 96.0 Å². The maximum absolute atomic E-state index is 5.95. The molecule has 0 unspecified atom stereocenters. The molecule has 16 heavy (non-hydrogen) atoms. The van der Waals surface area contributed by atoms with E-state index in [1.165, 1.54) is 0 Å². The first-order chi connectivity index (χ1) is 7.72. The zero-order valence-corrected chi connectivity index (χ0v) is 9.82. The van der Waals surface area contributed by atoms with Crippen LogP contribution in [-0.4, -0.2) is 30.8 Å². The number of aromatic nitrogens is 1. The van der Waals surface area contributed by atoms with E-state index in [-0.39, 0.29) is 5.60 Å². The summed E-state index contributed by atoms with van der Waals surface area (Å²) < 4.78 is 11.1. The lowest BCUT2D eigenvalue weighted by molar-refractivity contribution is 0.0506. The number of pyridine rings is 1. The number of hydrogen-bond donors (Lipinski definition) is 1. The van der Waals surface area contributed by atoms with Crippen molar-refractivity contribution >= 4 is 0 Å². The molecular weight excluding hydrogens is 204 g/mol. The molecule has 1 aliphatic heterocycles. The molecule has 1 N–H and O–H groups in total. The Kier molecular flexibility index (Phi) is 3.29. The summed E-state index contributed by atoms with van der Waals surface area (Å²) in [7, 11) is 1.64. The summed E-state index contributed by atoms with van der Waals surface area (Å²) in [6.45, 7) is 4.13. The van der Waals surface area contributed by atoms with Gasteiger partial charge in [0.25, 0.3) is 0 Å². The molecular formula is C12H18N2O2. The molecule has 0 aromatic carbocycles. The molecule has 0 radical (unpaired) electrons. The summed E-state index contributed by atoms with van der Waals surface area (Å²) in [6, 6.07) is 3.64. The average Bonchev–Trinajstić information content (AvgIpc) is 2.29. The lowest BCUT2D eigenvalue weighted by Crippen LogP contribution is -2.43. The standard InChI is InChI=1S/C12H18N2O2/c1-12(4-7-13-8-5-12)16-11-9-10(15-2)3-6-14-11/h3,6,9,13H,4-5,7-8H2,1-2H3. The molecule has 1 aliphatic rings. The fourth-order valence-corrected chi connectivity index (χ4v) is 1.88. The van der Waals surface area contributed by atoms with Crippen molar-refractivity contribution in [2.75, 3.05) is 20.2 Å². The van der Waals surface area contributed by atoms with E-state index in [1.807, 2.05) is 12.1 Å². The van der Waals surface area contributed by atoms with E-state index >= 15 is 0 Å². The molecule has 1 aromatic heterocycles. The highest BCUT2D eigenvalue weighted by molar-refractivity contribution is 5.26. The number of hydrogen-bond acceptors (Lipinski definition) is 4. The molecule has 0 atom stereocenters. The lowest BCUT2D eigenvalue weighted by Gasteiger charge is -2.34. The first-order valence-corrected chi connectivity index (χ1v) is 5.62. The van der Waals surface area contributed by atoms with Gasteiger partial charge in [0, 0.05) is 12.3 Å². The van der Waals surface area contributed by atoms with E-state index < -0.39 is 0 Å². The van der Waals surface area contributed by atoms with Gasteiger partial charge in [-0.3, -0.25) is 0 Å². The summed E-state index contributed by atoms with van der Waals surface area (Å²) in [5, 5.41) is 3.32. The molecule has 0 amide bonds. The topological polar surface area (TPSA) is 43.4 Å². The zero-order valence-electron chi connectivity index (χ0n) is 9.82. The molecule has 0 saturated carbocycles. The quantitative estimate of drug-likeness (QED) is 0.843. The van der Waals surface area contributed by atoms with Crippen molar-refractivity contribution in [3.8, 4) is 11.6 Å². The Bertz CT molecular complexity index is 349. The minimum Gasteiger partial charge on any atom is -0.497 e. The van der Waals surface area contributed by atoms with E-state index in [0.717, 1.165) is 31.7 Å². The SMILES string of the molecule is COc1ccnc(OC2(C)CCNCC2)c1. The average molecular weight is 222 g/mol. The third kappa shape index (κ3) is 2.64. The molecule has 0 bridgehead atoms. The van der Waals surface area contributed by atoms with Crippen LogP contribution in [0.3, 0.4) is 0 Å². The van der Waals surface area contributed by atoms with Crippen LogP contribution in [0.1, 0.15) is 19.8 Å². The summed E-state index contributed by atoms with van der Waals surface area (Å²) >= 11 is 0. The predicted octanol–water partition coefficient (Wildman–Crippen LogP) is 1.61. The maximum atomic E-state index is 5.95. The van der Waals surface area contributed by atoms with Crippen LogP contribution >= 0.6 is 0 Å². The van der Waals surface area contributed by atoms with E-state index in [0.29, 0.717) is 5.88 Å². The minimum atomic E-state index is -0.107. The van der Waals surface area contributed by atoms with E-state index in [9.17, 15) is 0 Å². The summed E-state index contributed by atoms with van der Waals surface area (Å²) in [6.07, 6.45) is 3.72. The molecule has 1 aromatic rings. The summed E-state index contributed by atoms with van der Waals surface area (Å²) in [5.41, 5.74) is -0.107. The van der Waals surface area contributed by atoms with Gasteiger partial charge in [0.05, 0.1) is 7.11 Å². The van der Waals surface area contributed by atoms with Gasteiger partial charge in [-0.05, 0) is 38.9 Å². The van der Waals surface area contributed by atoms with Crippen molar-refractivity contribution in [2.45, 2.75) is 25.4 Å². The number of nitrogens with one attached hydrogen (secondary N) is 1.